The molecule has 0 spiro atoms. The monoisotopic (exact) mass is 390 g/mol. The molecule has 5 nitrogen and oxygen atoms in total. The number of carbonyl (C=O) groups is 1. The summed E-state index contributed by atoms with van der Waals surface area (Å²) in [6, 6.07) is 9.66. The molecular weight excluding hydrogens is 364 g/mol. The molecule has 1 fully saturated rings. The lowest BCUT2D eigenvalue weighted by atomic mass is 9.90. The van der Waals surface area contributed by atoms with Crippen molar-refractivity contribution in [3.8, 4) is 6.07 Å². The van der Waals surface area contributed by atoms with E-state index < -0.39 is 6.10 Å². The van der Waals surface area contributed by atoms with Gasteiger partial charge < -0.3 is 14.7 Å². The zero-order valence-electron chi connectivity index (χ0n) is 17.2. The molecule has 4 rings (SSSR count). The summed E-state index contributed by atoms with van der Waals surface area (Å²) < 4.78 is 5.52. The zero-order valence-corrected chi connectivity index (χ0v) is 17.2. The number of nitriles is 1. The number of aliphatic hydroxyl groups excluding tert-OH is 1. The molecule has 1 saturated heterocycles. The van der Waals surface area contributed by atoms with Crippen molar-refractivity contribution >= 4 is 5.91 Å². The van der Waals surface area contributed by atoms with E-state index in [1.54, 1.807) is 4.90 Å². The normalized spacial score (nSPS) is 21.2. The molecule has 1 N–H and O–H groups in total. The van der Waals surface area contributed by atoms with Crippen molar-refractivity contribution in [2.24, 2.45) is 0 Å². The summed E-state index contributed by atoms with van der Waals surface area (Å²) in [6.45, 7) is 7.66. The van der Waals surface area contributed by atoms with Crippen LogP contribution in [-0.2, 0) is 17.7 Å². The number of aryl methyl sites for hydroxylation is 1. The fourth-order valence-corrected chi connectivity index (χ4v) is 4.46. The van der Waals surface area contributed by atoms with Crippen LogP contribution in [-0.4, -0.2) is 41.3 Å². The summed E-state index contributed by atoms with van der Waals surface area (Å²) in [7, 11) is 0. The van der Waals surface area contributed by atoms with Crippen molar-refractivity contribution in [1.82, 2.24) is 4.90 Å². The number of benzene rings is 2. The molecule has 150 valence electrons. The molecule has 2 atom stereocenters. The quantitative estimate of drug-likeness (QED) is 0.874. The summed E-state index contributed by atoms with van der Waals surface area (Å²) in [6.07, 6.45) is 0.746. The van der Waals surface area contributed by atoms with Crippen LogP contribution in [0.15, 0.2) is 24.3 Å². The van der Waals surface area contributed by atoms with E-state index >= 15 is 0 Å². The molecule has 0 saturated carbocycles. The third-order valence-electron chi connectivity index (χ3n) is 6.50. The van der Waals surface area contributed by atoms with E-state index in [4.69, 9.17) is 10.00 Å². The highest BCUT2D eigenvalue weighted by molar-refractivity contribution is 5.99. The van der Waals surface area contributed by atoms with Crippen LogP contribution in [0, 0.1) is 32.1 Å². The highest BCUT2D eigenvalue weighted by Gasteiger charge is 2.39. The summed E-state index contributed by atoms with van der Waals surface area (Å²) in [4.78, 5) is 15.0. The van der Waals surface area contributed by atoms with Crippen molar-refractivity contribution in [1.29, 1.82) is 5.26 Å². The highest BCUT2D eigenvalue weighted by Crippen LogP contribution is 2.34. The zero-order chi connectivity index (χ0) is 20.7. The lowest BCUT2D eigenvalue weighted by molar-refractivity contribution is -0.0528. The first-order valence-corrected chi connectivity index (χ1v) is 10.1. The van der Waals surface area contributed by atoms with Crippen LogP contribution in [0.1, 0.15) is 55.7 Å². The lowest BCUT2D eigenvalue weighted by Gasteiger charge is -2.34. The molecule has 5 heteroatoms. The fraction of sp³-hybridized carbons (Fsp3) is 0.417. The Bertz CT molecular complexity index is 1020. The molecule has 0 radical (unpaired) electrons. The van der Waals surface area contributed by atoms with Crippen molar-refractivity contribution in [3.05, 3.63) is 68.8 Å². The van der Waals surface area contributed by atoms with Gasteiger partial charge >= 0.3 is 0 Å². The van der Waals surface area contributed by atoms with E-state index in [0.29, 0.717) is 31.7 Å². The van der Waals surface area contributed by atoms with Crippen LogP contribution in [0.4, 0.5) is 0 Å². The number of aliphatic hydroxyl groups is 1. The predicted molar refractivity (Wildman–Crippen MR) is 110 cm³/mol. The van der Waals surface area contributed by atoms with Gasteiger partial charge in [0.1, 0.15) is 0 Å². The van der Waals surface area contributed by atoms with E-state index in [-0.39, 0.29) is 11.9 Å². The minimum Gasteiger partial charge on any atom is -0.391 e. The Hall–Kier alpha value is -2.68. The van der Waals surface area contributed by atoms with Gasteiger partial charge in [-0.3, -0.25) is 4.79 Å². The van der Waals surface area contributed by atoms with Gasteiger partial charge in [-0.1, -0.05) is 6.07 Å². The molecule has 1 amide bonds. The maximum Gasteiger partial charge on any atom is 0.254 e. The van der Waals surface area contributed by atoms with Crippen molar-refractivity contribution in [2.75, 3.05) is 13.2 Å². The average molecular weight is 390 g/mol. The Kier molecular flexibility index (Phi) is 5.16. The van der Waals surface area contributed by atoms with E-state index in [0.717, 1.165) is 39.8 Å². The standard InChI is InChI=1S/C24H26N2O3/c1-14-8-17(11-25)4-5-18(14)9-19-10-20-21(16(3)15(19)2)12-26(24(20)28)22-13-29-7-6-23(22)27/h4-5,8,10,22-23,27H,6-7,9,12-13H2,1-3H3/t22-,23-/m0/s1. The molecule has 29 heavy (non-hydrogen) atoms. The number of carbonyl (C=O) groups excluding carboxylic acids is 1. The fourth-order valence-electron chi connectivity index (χ4n) is 4.46. The third kappa shape index (κ3) is 3.43. The van der Waals surface area contributed by atoms with Gasteiger partial charge in [-0.15, -0.1) is 0 Å². The van der Waals surface area contributed by atoms with Crippen LogP contribution in [0.3, 0.4) is 0 Å². The van der Waals surface area contributed by atoms with Crippen LogP contribution < -0.4 is 0 Å². The topological polar surface area (TPSA) is 73.6 Å². The van der Waals surface area contributed by atoms with Gasteiger partial charge in [-0.25, -0.2) is 0 Å². The van der Waals surface area contributed by atoms with Gasteiger partial charge in [-0.2, -0.15) is 5.26 Å². The number of amides is 1. The Morgan fingerprint density at radius 2 is 2.00 bits per heavy atom. The number of hydrogen-bond donors (Lipinski definition) is 1. The van der Waals surface area contributed by atoms with E-state index in [2.05, 4.69) is 19.9 Å². The van der Waals surface area contributed by atoms with Crippen molar-refractivity contribution < 1.29 is 14.6 Å². The van der Waals surface area contributed by atoms with E-state index in [1.807, 2.05) is 31.2 Å². The second-order valence-electron chi connectivity index (χ2n) is 8.17. The second-order valence-corrected chi connectivity index (χ2v) is 8.17. The second kappa shape index (κ2) is 7.62. The van der Waals surface area contributed by atoms with Crippen LogP contribution >= 0.6 is 0 Å². The molecule has 0 bridgehead atoms. The Morgan fingerprint density at radius 3 is 2.69 bits per heavy atom. The van der Waals surface area contributed by atoms with Crippen LogP contribution in [0.25, 0.3) is 0 Å². The number of hydrogen-bond acceptors (Lipinski definition) is 4. The Balaban J connectivity index is 1.67. The lowest BCUT2D eigenvalue weighted by Crippen LogP contribution is -2.49. The summed E-state index contributed by atoms with van der Waals surface area (Å²) in [5.74, 6) is -0.0181. The van der Waals surface area contributed by atoms with Gasteiger partial charge in [0, 0.05) is 18.7 Å². The van der Waals surface area contributed by atoms with Gasteiger partial charge in [0.15, 0.2) is 0 Å². The maximum atomic E-state index is 13.2. The van der Waals surface area contributed by atoms with E-state index in [1.165, 1.54) is 5.56 Å². The Labute approximate surface area is 171 Å². The molecular formula is C24H26N2O3. The summed E-state index contributed by atoms with van der Waals surface area (Å²) in [5, 5.41) is 19.5. The molecule has 2 aliphatic heterocycles. The summed E-state index contributed by atoms with van der Waals surface area (Å²) >= 11 is 0. The molecule has 2 aliphatic rings. The summed E-state index contributed by atoms with van der Waals surface area (Å²) in [5.41, 5.74) is 8.17. The van der Waals surface area contributed by atoms with Gasteiger partial charge in [0.25, 0.3) is 5.91 Å². The van der Waals surface area contributed by atoms with Gasteiger partial charge in [0.05, 0.1) is 30.4 Å². The molecule has 0 aliphatic carbocycles. The van der Waals surface area contributed by atoms with Gasteiger partial charge in [0.2, 0.25) is 0 Å². The SMILES string of the molecule is Cc1cc(C#N)ccc1Cc1cc2c(c(C)c1C)CN([C@H]1COCC[C@@H]1O)C2=O. The predicted octanol–water partition coefficient (Wildman–Crippen LogP) is 3.18. The molecule has 2 aromatic carbocycles. The van der Waals surface area contributed by atoms with E-state index in [9.17, 15) is 9.90 Å². The van der Waals surface area contributed by atoms with Crippen molar-refractivity contribution in [3.63, 3.8) is 0 Å². The highest BCUT2D eigenvalue weighted by atomic mass is 16.5. The smallest absolute Gasteiger partial charge is 0.254 e. The minimum atomic E-state index is -0.538. The molecule has 2 heterocycles. The first-order chi connectivity index (χ1) is 13.9. The van der Waals surface area contributed by atoms with Crippen molar-refractivity contribution in [2.45, 2.75) is 52.3 Å². The first kappa shape index (κ1) is 19.6. The number of ether oxygens (including phenoxy) is 1. The Morgan fingerprint density at radius 1 is 1.21 bits per heavy atom. The third-order valence-corrected chi connectivity index (χ3v) is 6.50. The maximum absolute atomic E-state index is 13.2. The largest absolute Gasteiger partial charge is 0.391 e. The average Bonchev–Trinajstić information content (AvgIpc) is 3.04. The molecule has 0 unspecified atom stereocenters. The van der Waals surface area contributed by atoms with Crippen LogP contribution in [0.5, 0.6) is 0 Å². The first-order valence-electron chi connectivity index (χ1n) is 10.1. The number of nitrogens with zero attached hydrogens (tertiary/aromatic N) is 2. The number of rotatable bonds is 3. The molecule has 2 aromatic rings. The molecule has 0 aromatic heterocycles. The number of fused-ring (bicyclic) bond motifs is 1. The minimum absolute atomic E-state index is 0.0181. The van der Waals surface area contributed by atoms with Gasteiger partial charge in [-0.05, 0) is 85.2 Å². The van der Waals surface area contributed by atoms with Crippen LogP contribution in [0.2, 0.25) is 0 Å².